The third-order valence-electron chi connectivity index (χ3n) is 4.30. The molecule has 0 spiro atoms. The van der Waals surface area contributed by atoms with Gasteiger partial charge in [0.1, 0.15) is 11.7 Å². The van der Waals surface area contributed by atoms with Gasteiger partial charge < -0.3 is 4.74 Å². The van der Waals surface area contributed by atoms with Gasteiger partial charge >= 0.3 is 0 Å². The first-order valence-corrected chi connectivity index (χ1v) is 6.20. The van der Waals surface area contributed by atoms with Crippen LogP contribution in [0.2, 0.25) is 0 Å². The largest absolute Gasteiger partial charge is 0.358 e. The van der Waals surface area contributed by atoms with E-state index in [1.807, 2.05) is 17.9 Å². The average molecular weight is 219 g/mol. The van der Waals surface area contributed by atoms with Gasteiger partial charge in [0.2, 0.25) is 0 Å². The Kier molecular flexibility index (Phi) is 1.65. The standard InChI is InChI=1S/C12H17N3O/c1-14-10(4-6-13-14)12-5-7-15(9-2-3-9)8-11(12)16-12/h4,6,9,11H,2-3,5,7-8H2,1H3/t11-,12-/m0/s1. The van der Waals surface area contributed by atoms with E-state index in [4.69, 9.17) is 4.74 Å². The van der Waals surface area contributed by atoms with E-state index in [1.54, 1.807) is 0 Å². The van der Waals surface area contributed by atoms with Crippen LogP contribution in [-0.2, 0) is 17.4 Å². The molecule has 16 heavy (non-hydrogen) atoms. The summed E-state index contributed by atoms with van der Waals surface area (Å²) >= 11 is 0. The van der Waals surface area contributed by atoms with Crippen molar-refractivity contribution in [3.63, 3.8) is 0 Å². The number of rotatable bonds is 2. The summed E-state index contributed by atoms with van der Waals surface area (Å²) in [6.45, 7) is 2.31. The lowest BCUT2D eigenvalue weighted by Gasteiger charge is -2.28. The van der Waals surface area contributed by atoms with Crippen LogP contribution in [0.1, 0.15) is 25.0 Å². The molecule has 1 saturated carbocycles. The highest BCUT2D eigenvalue weighted by atomic mass is 16.6. The Morgan fingerprint density at radius 1 is 1.50 bits per heavy atom. The van der Waals surface area contributed by atoms with Gasteiger partial charge in [0.15, 0.2) is 0 Å². The van der Waals surface area contributed by atoms with E-state index >= 15 is 0 Å². The highest BCUT2D eigenvalue weighted by Crippen LogP contribution is 2.52. The zero-order valence-electron chi connectivity index (χ0n) is 9.59. The van der Waals surface area contributed by atoms with Gasteiger partial charge in [0, 0.05) is 32.4 Å². The van der Waals surface area contributed by atoms with E-state index in [-0.39, 0.29) is 5.60 Å². The monoisotopic (exact) mass is 219 g/mol. The van der Waals surface area contributed by atoms with Crippen LogP contribution >= 0.6 is 0 Å². The van der Waals surface area contributed by atoms with Crippen molar-refractivity contribution in [2.24, 2.45) is 7.05 Å². The average Bonchev–Trinajstić information content (AvgIpc) is 3.17. The van der Waals surface area contributed by atoms with Crippen molar-refractivity contribution in [1.29, 1.82) is 0 Å². The second-order valence-corrected chi connectivity index (χ2v) is 5.31. The zero-order valence-corrected chi connectivity index (χ0v) is 9.59. The summed E-state index contributed by atoms with van der Waals surface area (Å²) in [5.41, 5.74) is 1.27. The van der Waals surface area contributed by atoms with Gasteiger partial charge in [-0.2, -0.15) is 5.10 Å². The molecule has 2 atom stereocenters. The molecule has 0 amide bonds. The number of likely N-dealkylation sites (tertiary alicyclic amines) is 1. The third-order valence-corrected chi connectivity index (χ3v) is 4.30. The quantitative estimate of drug-likeness (QED) is 0.692. The number of fused-ring (bicyclic) bond motifs is 1. The van der Waals surface area contributed by atoms with Crippen molar-refractivity contribution in [3.05, 3.63) is 18.0 Å². The van der Waals surface area contributed by atoms with Gasteiger partial charge in [0.25, 0.3) is 0 Å². The van der Waals surface area contributed by atoms with Crippen LogP contribution in [0.5, 0.6) is 0 Å². The predicted molar refractivity (Wildman–Crippen MR) is 59.0 cm³/mol. The lowest BCUT2D eigenvalue weighted by molar-refractivity contribution is 0.212. The number of aryl methyl sites for hydroxylation is 1. The lowest BCUT2D eigenvalue weighted by atomic mass is 9.93. The summed E-state index contributed by atoms with van der Waals surface area (Å²) in [5.74, 6) is 0. The lowest BCUT2D eigenvalue weighted by Crippen LogP contribution is -2.40. The topological polar surface area (TPSA) is 33.6 Å². The molecular weight excluding hydrogens is 202 g/mol. The van der Waals surface area contributed by atoms with Crippen molar-refractivity contribution in [3.8, 4) is 0 Å². The van der Waals surface area contributed by atoms with Crippen LogP contribution in [0.4, 0.5) is 0 Å². The molecule has 0 unspecified atom stereocenters. The maximum atomic E-state index is 6.00. The molecule has 3 aliphatic rings. The molecule has 4 rings (SSSR count). The Bertz CT molecular complexity index is 426. The van der Waals surface area contributed by atoms with E-state index in [9.17, 15) is 0 Å². The van der Waals surface area contributed by atoms with E-state index < -0.39 is 0 Å². The number of aromatic nitrogens is 2. The van der Waals surface area contributed by atoms with E-state index in [0.717, 1.165) is 19.0 Å². The molecule has 1 aromatic rings. The number of epoxide rings is 1. The molecule has 0 radical (unpaired) electrons. The maximum Gasteiger partial charge on any atom is 0.139 e. The normalized spacial score (nSPS) is 38.4. The fraction of sp³-hybridized carbons (Fsp3) is 0.750. The van der Waals surface area contributed by atoms with Crippen LogP contribution in [0.25, 0.3) is 0 Å². The Morgan fingerprint density at radius 2 is 2.38 bits per heavy atom. The molecule has 0 aromatic carbocycles. The van der Waals surface area contributed by atoms with Gasteiger partial charge in [-0.1, -0.05) is 0 Å². The van der Waals surface area contributed by atoms with E-state index in [0.29, 0.717) is 6.10 Å². The van der Waals surface area contributed by atoms with Crippen molar-refractivity contribution in [2.45, 2.75) is 37.0 Å². The minimum atomic E-state index is 0.0106. The molecule has 3 fully saturated rings. The Morgan fingerprint density at radius 3 is 3.00 bits per heavy atom. The second kappa shape index (κ2) is 2.87. The zero-order chi connectivity index (χ0) is 10.8. The molecule has 1 aromatic heterocycles. The van der Waals surface area contributed by atoms with Crippen molar-refractivity contribution in [1.82, 2.24) is 14.7 Å². The fourth-order valence-corrected chi connectivity index (χ4v) is 3.15. The van der Waals surface area contributed by atoms with E-state index in [1.165, 1.54) is 25.1 Å². The first kappa shape index (κ1) is 9.19. The highest BCUT2D eigenvalue weighted by Gasteiger charge is 2.62. The summed E-state index contributed by atoms with van der Waals surface area (Å²) in [4.78, 5) is 2.60. The Balaban J connectivity index is 1.57. The first-order chi connectivity index (χ1) is 7.79. The Labute approximate surface area is 95.2 Å². The van der Waals surface area contributed by atoms with Gasteiger partial charge in [-0.25, -0.2) is 0 Å². The number of piperidine rings is 1. The minimum absolute atomic E-state index is 0.0106. The van der Waals surface area contributed by atoms with Gasteiger partial charge in [0.05, 0.1) is 5.69 Å². The smallest absolute Gasteiger partial charge is 0.139 e. The van der Waals surface area contributed by atoms with Gasteiger partial charge in [-0.05, 0) is 25.3 Å². The van der Waals surface area contributed by atoms with Crippen LogP contribution in [0.3, 0.4) is 0 Å². The van der Waals surface area contributed by atoms with Crippen LogP contribution in [0.15, 0.2) is 12.3 Å². The van der Waals surface area contributed by atoms with Crippen LogP contribution < -0.4 is 0 Å². The molecule has 4 heteroatoms. The molecule has 0 bridgehead atoms. The summed E-state index contributed by atoms with van der Waals surface area (Å²) in [6.07, 6.45) is 6.21. The molecule has 2 saturated heterocycles. The molecule has 4 nitrogen and oxygen atoms in total. The molecule has 0 N–H and O–H groups in total. The number of hydrogen-bond acceptors (Lipinski definition) is 3. The third kappa shape index (κ3) is 1.14. The summed E-state index contributed by atoms with van der Waals surface area (Å²) < 4.78 is 7.96. The maximum absolute atomic E-state index is 6.00. The Hall–Kier alpha value is -0.870. The number of ether oxygens (including phenoxy) is 1. The molecule has 86 valence electrons. The summed E-state index contributed by atoms with van der Waals surface area (Å²) in [5, 5.41) is 4.25. The van der Waals surface area contributed by atoms with Gasteiger partial charge in [-0.3, -0.25) is 9.58 Å². The van der Waals surface area contributed by atoms with Crippen molar-refractivity contribution in [2.75, 3.05) is 13.1 Å². The molecule has 1 aliphatic carbocycles. The van der Waals surface area contributed by atoms with Crippen molar-refractivity contribution < 1.29 is 4.74 Å². The van der Waals surface area contributed by atoms with Crippen LogP contribution in [-0.4, -0.2) is 39.9 Å². The molecule has 3 heterocycles. The molecular formula is C12H17N3O. The predicted octanol–water partition coefficient (Wildman–Crippen LogP) is 0.882. The SMILES string of the molecule is Cn1nccc1[C@@]12CCN(C3CC3)C[C@@H]1O2. The number of hydrogen-bond donors (Lipinski definition) is 0. The molecule has 2 aliphatic heterocycles. The number of nitrogens with zero attached hydrogens (tertiary/aromatic N) is 3. The highest BCUT2D eigenvalue weighted by molar-refractivity contribution is 5.24. The van der Waals surface area contributed by atoms with Crippen molar-refractivity contribution >= 4 is 0 Å². The second-order valence-electron chi connectivity index (χ2n) is 5.31. The fourth-order valence-electron chi connectivity index (χ4n) is 3.15. The van der Waals surface area contributed by atoms with Gasteiger partial charge in [-0.15, -0.1) is 0 Å². The van der Waals surface area contributed by atoms with E-state index in [2.05, 4.69) is 16.1 Å². The summed E-state index contributed by atoms with van der Waals surface area (Å²) in [6, 6.07) is 2.97. The summed E-state index contributed by atoms with van der Waals surface area (Å²) in [7, 11) is 2.01. The van der Waals surface area contributed by atoms with Crippen LogP contribution in [0, 0.1) is 0 Å². The first-order valence-electron chi connectivity index (χ1n) is 6.20. The minimum Gasteiger partial charge on any atom is -0.358 e.